The number of rotatable bonds is 5. The van der Waals surface area contributed by atoms with Crippen LogP contribution in [0.25, 0.3) is 0 Å². The molecule has 1 fully saturated rings. The number of nitro groups is 1. The smallest absolute Gasteiger partial charge is 0.285 e. The molecule has 0 bridgehead atoms. The summed E-state index contributed by atoms with van der Waals surface area (Å²) >= 11 is 0. The van der Waals surface area contributed by atoms with Crippen molar-refractivity contribution in [3.8, 4) is 0 Å². The van der Waals surface area contributed by atoms with E-state index in [0.29, 0.717) is 19.6 Å². The topological polar surface area (TPSA) is 97.5 Å². The number of hydrogen-bond acceptors (Lipinski definition) is 5. The zero-order valence-electron chi connectivity index (χ0n) is 15.1. The second kappa shape index (κ2) is 8.13. The molecule has 27 heavy (non-hydrogen) atoms. The molecule has 8 heteroatoms. The first-order valence-corrected chi connectivity index (χ1v) is 8.93. The van der Waals surface area contributed by atoms with Gasteiger partial charge in [0.15, 0.2) is 0 Å². The van der Waals surface area contributed by atoms with Crippen LogP contribution < -0.4 is 10.9 Å². The van der Waals surface area contributed by atoms with E-state index >= 15 is 0 Å². The molecule has 0 spiro atoms. The fourth-order valence-electron chi connectivity index (χ4n) is 3.26. The maximum atomic E-state index is 12.9. The Bertz CT molecular complexity index is 891. The Morgan fingerprint density at radius 1 is 1.26 bits per heavy atom. The van der Waals surface area contributed by atoms with E-state index < -0.39 is 10.5 Å². The van der Waals surface area contributed by atoms with E-state index in [0.717, 1.165) is 34.9 Å². The molecule has 2 aromatic rings. The van der Waals surface area contributed by atoms with Gasteiger partial charge < -0.3 is 10.2 Å². The molecule has 2 heterocycles. The summed E-state index contributed by atoms with van der Waals surface area (Å²) in [6.07, 6.45) is 2.06. The first-order valence-electron chi connectivity index (χ1n) is 8.93. The van der Waals surface area contributed by atoms with Crippen molar-refractivity contribution in [1.82, 2.24) is 14.8 Å². The van der Waals surface area contributed by atoms with Crippen molar-refractivity contribution in [3.63, 3.8) is 0 Å². The van der Waals surface area contributed by atoms with Crippen LogP contribution in [-0.4, -0.2) is 39.9 Å². The Morgan fingerprint density at radius 3 is 2.67 bits per heavy atom. The molecule has 1 aromatic heterocycles. The van der Waals surface area contributed by atoms with Crippen molar-refractivity contribution in [2.24, 2.45) is 0 Å². The third-order valence-corrected chi connectivity index (χ3v) is 4.82. The summed E-state index contributed by atoms with van der Waals surface area (Å²) in [5.74, 6) is -0.233. The second-order valence-electron chi connectivity index (χ2n) is 6.51. The number of nitrogens with zero attached hydrogens (tertiary/aromatic N) is 3. The average Bonchev–Trinajstić information content (AvgIpc) is 2.69. The summed E-state index contributed by atoms with van der Waals surface area (Å²) in [6.45, 7) is 3.68. The van der Waals surface area contributed by atoms with Gasteiger partial charge in [0.25, 0.3) is 11.2 Å². The zero-order chi connectivity index (χ0) is 19.4. The molecule has 0 radical (unpaired) electrons. The van der Waals surface area contributed by atoms with Gasteiger partial charge in [-0.15, -0.1) is 0 Å². The van der Waals surface area contributed by atoms with Crippen molar-refractivity contribution < 1.29 is 9.72 Å². The summed E-state index contributed by atoms with van der Waals surface area (Å²) in [5, 5.41) is 14.2. The van der Waals surface area contributed by atoms with E-state index in [1.807, 2.05) is 12.1 Å². The Labute approximate surface area is 156 Å². The SMILES string of the molecule is CCc1ccc(C2CNCCN2C(=O)Cn2cc([N+](=O)[O-])ccc2=O)cc1. The molecule has 1 aliphatic rings. The van der Waals surface area contributed by atoms with Gasteiger partial charge in [-0.25, -0.2) is 0 Å². The summed E-state index contributed by atoms with van der Waals surface area (Å²) in [4.78, 5) is 37.0. The van der Waals surface area contributed by atoms with Gasteiger partial charge in [0, 0.05) is 31.8 Å². The van der Waals surface area contributed by atoms with Gasteiger partial charge in [0.05, 0.1) is 17.2 Å². The summed E-state index contributed by atoms with van der Waals surface area (Å²) < 4.78 is 1.10. The summed E-state index contributed by atoms with van der Waals surface area (Å²) in [6, 6.07) is 10.3. The van der Waals surface area contributed by atoms with Crippen LogP contribution in [-0.2, 0) is 17.8 Å². The number of amides is 1. The molecule has 1 amide bonds. The van der Waals surface area contributed by atoms with Crippen LogP contribution in [0.5, 0.6) is 0 Å². The van der Waals surface area contributed by atoms with Gasteiger partial charge in [0.1, 0.15) is 6.54 Å². The van der Waals surface area contributed by atoms with Crippen LogP contribution in [0.1, 0.15) is 24.1 Å². The lowest BCUT2D eigenvalue weighted by Crippen LogP contribution is -2.50. The highest BCUT2D eigenvalue weighted by Gasteiger charge is 2.28. The fraction of sp³-hybridized carbons (Fsp3) is 0.368. The molecule has 1 atom stereocenters. The predicted molar refractivity (Wildman–Crippen MR) is 101 cm³/mol. The van der Waals surface area contributed by atoms with Gasteiger partial charge >= 0.3 is 0 Å². The monoisotopic (exact) mass is 370 g/mol. The fourth-order valence-corrected chi connectivity index (χ4v) is 3.26. The number of piperazine rings is 1. The van der Waals surface area contributed by atoms with E-state index in [1.54, 1.807) is 4.90 Å². The normalized spacial score (nSPS) is 16.9. The molecule has 1 saturated heterocycles. The van der Waals surface area contributed by atoms with Gasteiger partial charge in [-0.05, 0) is 17.5 Å². The molecule has 1 aliphatic heterocycles. The number of nitrogens with one attached hydrogen (secondary N) is 1. The van der Waals surface area contributed by atoms with Gasteiger partial charge in [-0.3, -0.25) is 24.3 Å². The predicted octanol–water partition coefficient (Wildman–Crippen LogP) is 1.49. The number of benzene rings is 1. The van der Waals surface area contributed by atoms with E-state index in [9.17, 15) is 19.7 Å². The van der Waals surface area contributed by atoms with Crippen molar-refractivity contribution in [3.05, 3.63) is 74.2 Å². The summed E-state index contributed by atoms with van der Waals surface area (Å²) in [7, 11) is 0. The minimum absolute atomic E-state index is 0.133. The second-order valence-corrected chi connectivity index (χ2v) is 6.51. The Kier molecular flexibility index (Phi) is 5.66. The van der Waals surface area contributed by atoms with Gasteiger partial charge in [-0.2, -0.15) is 0 Å². The number of pyridine rings is 1. The molecule has 1 unspecified atom stereocenters. The van der Waals surface area contributed by atoms with Crippen LogP contribution in [0.15, 0.2) is 47.4 Å². The van der Waals surface area contributed by atoms with Crippen molar-refractivity contribution in [2.75, 3.05) is 19.6 Å². The number of carbonyl (C=O) groups is 1. The Balaban J connectivity index is 1.82. The Morgan fingerprint density at radius 2 is 2.00 bits per heavy atom. The van der Waals surface area contributed by atoms with Crippen LogP contribution in [0.3, 0.4) is 0 Å². The molecule has 0 saturated carbocycles. The minimum Gasteiger partial charge on any atom is -0.332 e. The number of aromatic nitrogens is 1. The minimum atomic E-state index is -0.580. The number of aryl methyl sites for hydroxylation is 1. The van der Waals surface area contributed by atoms with Gasteiger partial charge in [0.2, 0.25) is 5.91 Å². The zero-order valence-corrected chi connectivity index (χ0v) is 15.1. The van der Waals surface area contributed by atoms with E-state index in [-0.39, 0.29) is 24.2 Å². The molecule has 3 rings (SSSR count). The lowest BCUT2D eigenvalue weighted by atomic mass is 10.0. The first-order chi connectivity index (χ1) is 13.0. The van der Waals surface area contributed by atoms with E-state index in [1.165, 1.54) is 5.56 Å². The number of hydrogen-bond donors (Lipinski definition) is 1. The lowest BCUT2D eigenvalue weighted by Gasteiger charge is -2.36. The highest BCUT2D eigenvalue weighted by atomic mass is 16.6. The van der Waals surface area contributed by atoms with Crippen LogP contribution >= 0.6 is 0 Å². The molecule has 1 aromatic carbocycles. The lowest BCUT2D eigenvalue weighted by molar-refractivity contribution is -0.385. The van der Waals surface area contributed by atoms with Gasteiger partial charge in [-0.1, -0.05) is 31.2 Å². The van der Waals surface area contributed by atoms with Crippen molar-refractivity contribution in [1.29, 1.82) is 0 Å². The maximum absolute atomic E-state index is 12.9. The highest BCUT2D eigenvalue weighted by Crippen LogP contribution is 2.23. The van der Waals surface area contributed by atoms with E-state index in [2.05, 4.69) is 24.4 Å². The highest BCUT2D eigenvalue weighted by molar-refractivity contribution is 5.76. The summed E-state index contributed by atoms with van der Waals surface area (Å²) in [5.41, 5.74) is 1.60. The quantitative estimate of drug-likeness (QED) is 0.635. The third-order valence-electron chi connectivity index (χ3n) is 4.82. The largest absolute Gasteiger partial charge is 0.332 e. The molecule has 8 nitrogen and oxygen atoms in total. The van der Waals surface area contributed by atoms with Crippen molar-refractivity contribution in [2.45, 2.75) is 25.9 Å². The van der Waals surface area contributed by atoms with Crippen LogP contribution in [0.4, 0.5) is 5.69 Å². The third kappa shape index (κ3) is 4.22. The maximum Gasteiger partial charge on any atom is 0.285 e. The van der Waals surface area contributed by atoms with Crippen LogP contribution in [0.2, 0.25) is 0 Å². The molecule has 1 N–H and O–H groups in total. The Hall–Kier alpha value is -3.00. The molecule has 0 aliphatic carbocycles. The average molecular weight is 370 g/mol. The van der Waals surface area contributed by atoms with Crippen molar-refractivity contribution >= 4 is 11.6 Å². The molecule has 142 valence electrons. The number of carbonyl (C=O) groups excluding carboxylic acids is 1. The van der Waals surface area contributed by atoms with E-state index in [4.69, 9.17) is 0 Å². The van der Waals surface area contributed by atoms with Crippen LogP contribution in [0, 0.1) is 10.1 Å². The first kappa shape index (κ1) is 18.8. The molecular formula is C19H22N4O4. The molecular weight excluding hydrogens is 348 g/mol. The standard InChI is InChI=1S/C19H22N4O4/c1-2-14-3-5-15(6-4-14)17-11-20-9-10-22(17)19(25)13-21-12-16(23(26)27)7-8-18(21)24/h3-8,12,17,20H,2,9-11,13H2,1H3.